The Hall–Kier alpha value is -2.95. The number of aryl methyl sites for hydroxylation is 1. The number of piperazine rings is 1. The van der Waals surface area contributed by atoms with Gasteiger partial charge in [0.15, 0.2) is 0 Å². The van der Waals surface area contributed by atoms with Crippen molar-refractivity contribution >= 4 is 11.6 Å². The van der Waals surface area contributed by atoms with Crippen LogP contribution < -0.4 is 4.90 Å². The fourth-order valence-electron chi connectivity index (χ4n) is 6.40. The van der Waals surface area contributed by atoms with Gasteiger partial charge in [0.05, 0.1) is 6.54 Å². The molecule has 0 N–H and O–H groups in total. The zero-order valence-electron chi connectivity index (χ0n) is 22.2. The van der Waals surface area contributed by atoms with E-state index in [-0.39, 0.29) is 16.9 Å². The number of hydrogen-bond acceptors (Lipinski definition) is 3. The van der Waals surface area contributed by atoms with Gasteiger partial charge in [0.25, 0.3) is 0 Å². The van der Waals surface area contributed by atoms with Gasteiger partial charge in [0, 0.05) is 49.4 Å². The molecule has 3 aromatic carbocycles. The molecule has 36 heavy (non-hydrogen) atoms. The van der Waals surface area contributed by atoms with Crippen LogP contribution in [0.3, 0.4) is 0 Å². The number of benzene rings is 3. The van der Waals surface area contributed by atoms with Gasteiger partial charge in [0.2, 0.25) is 5.91 Å². The summed E-state index contributed by atoms with van der Waals surface area (Å²) in [5, 5.41) is 0. The Morgan fingerprint density at radius 3 is 2.08 bits per heavy atom. The summed E-state index contributed by atoms with van der Waals surface area (Å²) >= 11 is 0. The Labute approximate surface area is 216 Å². The normalized spacial score (nSPS) is 22.3. The van der Waals surface area contributed by atoms with Gasteiger partial charge < -0.3 is 4.90 Å². The Bertz CT molecular complexity index is 1200. The van der Waals surface area contributed by atoms with E-state index in [1.807, 2.05) is 0 Å². The second-order valence-electron chi connectivity index (χ2n) is 11.5. The van der Waals surface area contributed by atoms with Gasteiger partial charge in [-0.15, -0.1) is 0 Å². The SMILES string of the molecule is Cc1ccc2c(c1)C(C)(c1ccccc1)CC(C)(C)N2C(=O)CN1CCN(Cc2ccccc2)CC1. The van der Waals surface area contributed by atoms with Crippen LogP contribution >= 0.6 is 0 Å². The maximum atomic E-state index is 13.9. The number of carbonyl (C=O) groups excluding carboxylic acids is 1. The highest BCUT2D eigenvalue weighted by atomic mass is 16.2. The van der Waals surface area contributed by atoms with Crippen LogP contribution in [0.4, 0.5) is 5.69 Å². The van der Waals surface area contributed by atoms with Crippen molar-refractivity contribution in [1.82, 2.24) is 9.80 Å². The van der Waals surface area contributed by atoms with E-state index in [1.165, 1.54) is 22.3 Å². The van der Waals surface area contributed by atoms with Crippen molar-refractivity contribution in [2.45, 2.75) is 51.6 Å². The van der Waals surface area contributed by atoms with E-state index in [0.717, 1.165) is 44.8 Å². The first-order valence-electron chi connectivity index (χ1n) is 13.2. The molecule has 1 amide bonds. The summed E-state index contributed by atoms with van der Waals surface area (Å²) in [4.78, 5) is 20.8. The second-order valence-corrected chi connectivity index (χ2v) is 11.5. The standard InChI is InChI=1S/C32H39N3O/c1-25-15-16-29-28(21-25)32(4,27-13-9-6-10-14-27)24-31(2,3)35(29)30(36)23-34-19-17-33(18-20-34)22-26-11-7-5-8-12-26/h5-16,21H,17-20,22-24H2,1-4H3. The third kappa shape index (κ3) is 4.85. The van der Waals surface area contributed by atoms with Crippen molar-refractivity contribution in [3.63, 3.8) is 0 Å². The van der Waals surface area contributed by atoms with E-state index < -0.39 is 0 Å². The lowest BCUT2D eigenvalue weighted by molar-refractivity contribution is -0.121. The van der Waals surface area contributed by atoms with Crippen molar-refractivity contribution in [2.24, 2.45) is 0 Å². The number of rotatable bonds is 5. The molecule has 0 radical (unpaired) electrons. The van der Waals surface area contributed by atoms with Crippen LogP contribution in [0.5, 0.6) is 0 Å². The molecule has 5 rings (SSSR count). The van der Waals surface area contributed by atoms with Crippen molar-refractivity contribution < 1.29 is 4.79 Å². The molecule has 3 aromatic rings. The molecule has 0 aliphatic carbocycles. The molecule has 0 aromatic heterocycles. The van der Waals surface area contributed by atoms with Gasteiger partial charge in [-0.05, 0) is 49.9 Å². The van der Waals surface area contributed by atoms with Gasteiger partial charge in [-0.1, -0.05) is 85.3 Å². The summed E-state index contributed by atoms with van der Waals surface area (Å²) in [5.74, 6) is 0.205. The van der Waals surface area contributed by atoms with Crippen LogP contribution in [0.2, 0.25) is 0 Å². The quantitative estimate of drug-likeness (QED) is 0.472. The molecule has 0 bridgehead atoms. The molecule has 188 valence electrons. The largest absolute Gasteiger partial charge is 0.305 e. The maximum absolute atomic E-state index is 13.9. The van der Waals surface area contributed by atoms with Crippen LogP contribution in [0.15, 0.2) is 78.9 Å². The molecule has 2 heterocycles. The van der Waals surface area contributed by atoms with Crippen LogP contribution in [-0.2, 0) is 16.8 Å². The summed E-state index contributed by atoms with van der Waals surface area (Å²) < 4.78 is 0. The fourth-order valence-corrected chi connectivity index (χ4v) is 6.40. The van der Waals surface area contributed by atoms with E-state index in [2.05, 4.69) is 121 Å². The summed E-state index contributed by atoms with van der Waals surface area (Å²) in [5.41, 5.74) is 5.78. The Morgan fingerprint density at radius 1 is 0.806 bits per heavy atom. The zero-order valence-corrected chi connectivity index (χ0v) is 22.2. The molecular formula is C32H39N3O. The topological polar surface area (TPSA) is 26.8 Å². The lowest BCUT2D eigenvalue weighted by Gasteiger charge is -2.52. The van der Waals surface area contributed by atoms with E-state index >= 15 is 0 Å². The highest BCUT2D eigenvalue weighted by Crippen LogP contribution is 2.50. The van der Waals surface area contributed by atoms with Crippen molar-refractivity contribution in [3.8, 4) is 0 Å². The predicted octanol–water partition coefficient (Wildman–Crippen LogP) is 5.63. The highest BCUT2D eigenvalue weighted by molar-refractivity contribution is 5.98. The molecule has 1 atom stereocenters. The molecule has 4 heteroatoms. The van der Waals surface area contributed by atoms with Crippen molar-refractivity contribution in [2.75, 3.05) is 37.6 Å². The average Bonchev–Trinajstić information content (AvgIpc) is 2.86. The maximum Gasteiger partial charge on any atom is 0.241 e. The monoisotopic (exact) mass is 481 g/mol. The minimum Gasteiger partial charge on any atom is -0.305 e. The minimum atomic E-state index is -0.293. The average molecular weight is 482 g/mol. The van der Waals surface area contributed by atoms with Gasteiger partial charge in [0.1, 0.15) is 0 Å². The third-order valence-corrected chi connectivity index (χ3v) is 8.11. The van der Waals surface area contributed by atoms with Gasteiger partial charge in [-0.3, -0.25) is 14.6 Å². The number of hydrogen-bond donors (Lipinski definition) is 0. The number of nitrogens with zero attached hydrogens (tertiary/aromatic N) is 3. The summed E-state index contributed by atoms with van der Waals surface area (Å²) in [6, 6.07) is 28.0. The van der Waals surface area contributed by atoms with E-state index in [0.29, 0.717) is 6.54 Å². The molecule has 0 spiro atoms. The number of amides is 1. The predicted molar refractivity (Wildman–Crippen MR) is 148 cm³/mol. The van der Waals surface area contributed by atoms with Crippen LogP contribution in [-0.4, -0.2) is 54.0 Å². The molecule has 4 nitrogen and oxygen atoms in total. The number of fused-ring (bicyclic) bond motifs is 1. The minimum absolute atomic E-state index is 0.147. The second kappa shape index (κ2) is 9.84. The van der Waals surface area contributed by atoms with E-state index in [4.69, 9.17) is 0 Å². The Morgan fingerprint density at radius 2 is 1.42 bits per heavy atom. The van der Waals surface area contributed by atoms with E-state index in [9.17, 15) is 4.79 Å². The van der Waals surface area contributed by atoms with Gasteiger partial charge in [-0.25, -0.2) is 0 Å². The first-order valence-corrected chi connectivity index (χ1v) is 13.2. The zero-order chi connectivity index (χ0) is 25.3. The smallest absolute Gasteiger partial charge is 0.241 e. The van der Waals surface area contributed by atoms with Crippen LogP contribution in [0.1, 0.15) is 49.4 Å². The molecule has 1 saturated heterocycles. The Balaban J connectivity index is 1.34. The van der Waals surface area contributed by atoms with Gasteiger partial charge in [-0.2, -0.15) is 0 Å². The molecule has 1 unspecified atom stereocenters. The van der Waals surface area contributed by atoms with Crippen molar-refractivity contribution in [1.29, 1.82) is 0 Å². The van der Waals surface area contributed by atoms with Crippen LogP contribution in [0, 0.1) is 6.92 Å². The molecule has 2 aliphatic rings. The molecule has 0 saturated carbocycles. The molecular weight excluding hydrogens is 442 g/mol. The summed E-state index contributed by atoms with van der Waals surface area (Å²) in [6.07, 6.45) is 0.886. The number of carbonyl (C=O) groups is 1. The fraction of sp³-hybridized carbons (Fsp3) is 0.406. The Kier molecular flexibility index (Phi) is 6.76. The lowest BCUT2D eigenvalue weighted by Crippen LogP contribution is -2.58. The summed E-state index contributed by atoms with van der Waals surface area (Å²) in [6.45, 7) is 14.2. The van der Waals surface area contributed by atoms with Gasteiger partial charge >= 0.3 is 0 Å². The first kappa shape index (κ1) is 24.7. The van der Waals surface area contributed by atoms with E-state index in [1.54, 1.807) is 0 Å². The molecule has 1 fully saturated rings. The first-order chi connectivity index (χ1) is 17.3. The van der Waals surface area contributed by atoms with Crippen molar-refractivity contribution in [3.05, 3.63) is 101 Å². The summed E-state index contributed by atoms with van der Waals surface area (Å²) in [7, 11) is 0. The third-order valence-electron chi connectivity index (χ3n) is 8.11. The van der Waals surface area contributed by atoms with Crippen LogP contribution in [0.25, 0.3) is 0 Å². The highest BCUT2D eigenvalue weighted by Gasteiger charge is 2.47. The molecule has 2 aliphatic heterocycles. The number of anilines is 1. The lowest BCUT2D eigenvalue weighted by atomic mass is 9.65.